The molecule has 0 atom stereocenters. The van der Waals surface area contributed by atoms with E-state index >= 15 is 0 Å². The van der Waals surface area contributed by atoms with Crippen LogP contribution in [0.2, 0.25) is 0 Å². The van der Waals surface area contributed by atoms with E-state index < -0.39 is 0 Å². The molecular weight excluding hydrogens is 248 g/mol. The molecule has 5 nitrogen and oxygen atoms in total. The summed E-state index contributed by atoms with van der Waals surface area (Å²) in [6, 6.07) is 0. The molecule has 0 aliphatic rings. The van der Waals surface area contributed by atoms with Gasteiger partial charge in [-0.1, -0.05) is 17.3 Å². The SMILES string of the molecule is CC#CCNC(=O)c1sc(NC(C)(C)C)nc1N. The smallest absolute Gasteiger partial charge is 0.266 e. The van der Waals surface area contributed by atoms with Crippen molar-refractivity contribution < 1.29 is 4.79 Å². The minimum atomic E-state index is -0.241. The largest absolute Gasteiger partial charge is 0.382 e. The number of hydrogen-bond acceptors (Lipinski definition) is 5. The molecular formula is C12H18N4OS. The highest BCUT2D eigenvalue weighted by atomic mass is 32.1. The molecule has 0 aromatic carbocycles. The number of anilines is 2. The molecule has 0 aliphatic carbocycles. The van der Waals surface area contributed by atoms with Gasteiger partial charge in [-0.05, 0) is 27.7 Å². The normalized spacial score (nSPS) is 10.4. The van der Waals surface area contributed by atoms with Crippen LogP contribution in [0.1, 0.15) is 37.4 Å². The van der Waals surface area contributed by atoms with Gasteiger partial charge in [0.15, 0.2) is 5.13 Å². The van der Waals surface area contributed by atoms with Crippen LogP contribution in [0.4, 0.5) is 10.9 Å². The Kier molecular flexibility index (Phi) is 4.56. The van der Waals surface area contributed by atoms with Gasteiger partial charge < -0.3 is 16.4 Å². The fourth-order valence-electron chi connectivity index (χ4n) is 1.16. The van der Waals surface area contributed by atoms with E-state index in [1.165, 1.54) is 11.3 Å². The zero-order valence-electron chi connectivity index (χ0n) is 11.0. The summed E-state index contributed by atoms with van der Waals surface area (Å²) in [5.41, 5.74) is 5.61. The number of nitrogen functional groups attached to an aromatic ring is 1. The molecule has 0 radical (unpaired) electrons. The topological polar surface area (TPSA) is 80.0 Å². The van der Waals surface area contributed by atoms with Crippen molar-refractivity contribution >= 4 is 28.2 Å². The molecule has 0 aliphatic heterocycles. The number of rotatable bonds is 3. The van der Waals surface area contributed by atoms with E-state index in [0.717, 1.165) is 0 Å². The van der Waals surface area contributed by atoms with E-state index in [4.69, 9.17) is 5.73 Å². The fourth-order valence-corrected chi connectivity index (χ4v) is 2.17. The van der Waals surface area contributed by atoms with Crippen molar-refractivity contribution in [1.29, 1.82) is 0 Å². The highest BCUT2D eigenvalue weighted by molar-refractivity contribution is 7.18. The summed E-state index contributed by atoms with van der Waals surface area (Å²) in [7, 11) is 0. The molecule has 6 heteroatoms. The van der Waals surface area contributed by atoms with Gasteiger partial charge in [-0.25, -0.2) is 4.98 Å². The number of amides is 1. The number of thiazole rings is 1. The molecule has 4 N–H and O–H groups in total. The Morgan fingerprint density at radius 1 is 1.50 bits per heavy atom. The maximum atomic E-state index is 11.8. The van der Waals surface area contributed by atoms with Gasteiger partial charge in [0.2, 0.25) is 0 Å². The molecule has 1 rings (SSSR count). The Hall–Kier alpha value is -1.74. The fraction of sp³-hybridized carbons (Fsp3) is 0.500. The number of carbonyl (C=O) groups excluding carboxylic acids is 1. The standard InChI is InChI=1S/C12H18N4OS/c1-5-6-7-14-10(17)8-9(13)15-11(18-8)16-12(2,3)4/h7,13H2,1-4H3,(H,14,17)(H,15,16). The Balaban J connectivity index is 2.77. The van der Waals surface area contributed by atoms with Crippen LogP contribution >= 0.6 is 11.3 Å². The monoisotopic (exact) mass is 266 g/mol. The van der Waals surface area contributed by atoms with Crippen LogP contribution < -0.4 is 16.4 Å². The summed E-state index contributed by atoms with van der Waals surface area (Å²) in [5.74, 6) is 5.47. The Morgan fingerprint density at radius 2 is 2.17 bits per heavy atom. The first-order chi connectivity index (χ1) is 8.33. The molecule has 18 heavy (non-hydrogen) atoms. The molecule has 0 unspecified atom stereocenters. The van der Waals surface area contributed by atoms with Gasteiger partial charge in [-0.2, -0.15) is 0 Å². The minimum absolute atomic E-state index is 0.119. The number of nitrogens with one attached hydrogen (secondary N) is 2. The average Bonchev–Trinajstić information content (AvgIpc) is 2.57. The molecule has 0 saturated carbocycles. The van der Waals surface area contributed by atoms with Crippen LogP contribution in [0.15, 0.2) is 0 Å². The Bertz CT molecular complexity index is 490. The van der Waals surface area contributed by atoms with Crippen molar-refractivity contribution in [2.24, 2.45) is 0 Å². The summed E-state index contributed by atoms with van der Waals surface area (Å²) in [6.07, 6.45) is 0. The van der Waals surface area contributed by atoms with Gasteiger partial charge in [0.1, 0.15) is 10.7 Å². The summed E-state index contributed by atoms with van der Waals surface area (Å²) < 4.78 is 0. The number of aromatic nitrogens is 1. The van der Waals surface area contributed by atoms with Crippen molar-refractivity contribution in [3.05, 3.63) is 4.88 Å². The summed E-state index contributed by atoms with van der Waals surface area (Å²) >= 11 is 1.25. The van der Waals surface area contributed by atoms with Gasteiger partial charge >= 0.3 is 0 Å². The second-order valence-corrected chi connectivity index (χ2v) is 5.72. The number of nitrogens with two attached hydrogens (primary N) is 1. The van der Waals surface area contributed by atoms with E-state index in [1.54, 1.807) is 6.92 Å². The third-order valence-corrected chi connectivity index (χ3v) is 2.84. The molecule has 1 heterocycles. The zero-order valence-corrected chi connectivity index (χ0v) is 11.9. The van der Waals surface area contributed by atoms with Crippen LogP contribution in [0.25, 0.3) is 0 Å². The maximum absolute atomic E-state index is 11.8. The lowest BCUT2D eigenvalue weighted by atomic mass is 10.1. The van der Waals surface area contributed by atoms with Crippen LogP contribution in [0.3, 0.4) is 0 Å². The minimum Gasteiger partial charge on any atom is -0.382 e. The lowest BCUT2D eigenvalue weighted by Gasteiger charge is -2.19. The maximum Gasteiger partial charge on any atom is 0.266 e. The van der Waals surface area contributed by atoms with E-state index in [2.05, 4.69) is 27.5 Å². The molecule has 1 aromatic rings. The Morgan fingerprint density at radius 3 is 2.72 bits per heavy atom. The zero-order chi connectivity index (χ0) is 13.8. The van der Waals surface area contributed by atoms with Crippen molar-refractivity contribution in [3.63, 3.8) is 0 Å². The molecule has 98 valence electrons. The van der Waals surface area contributed by atoms with Crippen molar-refractivity contribution in [3.8, 4) is 11.8 Å². The molecule has 1 aromatic heterocycles. The van der Waals surface area contributed by atoms with Crippen molar-refractivity contribution in [1.82, 2.24) is 10.3 Å². The van der Waals surface area contributed by atoms with E-state index in [9.17, 15) is 4.79 Å². The van der Waals surface area contributed by atoms with Crippen LogP contribution in [0, 0.1) is 11.8 Å². The number of nitrogens with zero attached hydrogens (tertiary/aromatic N) is 1. The lowest BCUT2D eigenvalue weighted by molar-refractivity contribution is 0.0963. The summed E-state index contributed by atoms with van der Waals surface area (Å²) in [5, 5.41) is 6.50. The van der Waals surface area contributed by atoms with Gasteiger partial charge in [0.25, 0.3) is 5.91 Å². The quantitative estimate of drug-likeness (QED) is 0.727. The molecule has 0 saturated heterocycles. The second-order valence-electron chi connectivity index (χ2n) is 4.72. The third kappa shape index (κ3) is 4.26. The first-order valence-electron chi connectivity index (χ1n) is 5.56. The summed E-state index contributed by atoms with van der Waals surface area (Å²) in [4.78, 5) is 16.4. The molecule has 0 spiro atoms. The lowest BCUT2D eigenvalue weighted by Crippen LogP contribution is -2.25. The number of carbonyl (C=O) groups is 1. The van der Waals surface area contributed by atoms with Gasteiger partial charge in [0.05, 0.1) is 6.54 Å². The average molecular weight is 266 g/mol. The van der Waals surface area contributed by atoms with Gasteiger partial charge in [-0.15, -0.1) is 5.92 Å². The highest BCUT2D eigenvalue weighted by Gasteiger charge is 2.18. The van der Waals surface area contributed by atoms with E-state index in [1.807, 2.05) is 20.8 Å². The van der Waals surface area contributed by atoms with Crippen molar-refractivity contribution in [2.45, 2.75) is 33.2 Å². The van der Waals surface area contributed by atoms with Crippen LogP contribution in [0.5, 0.6) is 0 Å². The second kappa shape index (κ2) is 5.74. The predicted molar refractivity (Wildman–Crippen MR) is 75.7 cm³/mol. The molecule has 0 fully saturated rings. The molecule has 0 bridgehead atoms. The Labute approximate surface area is 111 Å². The van der Waals surface area contributed by atoms with E-state index in [0.29, 0.717) is 16.6 Å². The first kappa shape index (κ1) is 14.3. The van der Waals surface area contributed by atoms with E-state index in [-0.39, 0.29) is 17.3 Å². The van der Waals surface area contributed by atoms with Crippen LogP contribution in [-0.2, 0) is 0 Å². The van der Waals surface area contributed by atoms with Crippen LogP contribution in [-0.4, -0.2) is 23.0 Å². The predicted octanol–water partition coefficient (Wildman–Crippen LogP) is 1.69. The molecule has 1 amide bonds. The van der Waals surface area contributed by atoms with Crippen molar-refractivity contribution in [2.75, 3.05) is 17.6 Å². The van der Waals surface area contributed by atoms with Gasteiger partial charge in [0, 0.05) is 5.54 Å². The first-order valence-corrected chi connectivity index (χ1v) is 6.37. The van der Waals surface area contributed by atoms with Gasteiger partial charge in [-0.3, -0.25) is 4.79 Å². The highest BCUT2D eigenvalue weighted by Crippen LogP contribution is 2.26. The number of hydrogen-bond donors (Lipinski definition) is 3. The summed E-state index contributed by atoms with van der Waals surface area (Å²) in [6.45, 7) is 8.08. The third-order valence-electron chi connectivity index (χ3n) is 1.86.